The second-order valence-electron chi connectivity index (χ2n) is 5.18. The summed E-state index contributed by atoms with van der Waals surface area (Å²) in [5.41, 5.74) is 6.18. The van der Waals surface area contributed by atoms with E-state index in [2.05, 4.69) is 58.5 Å². The first-order valence-electron chi connectivity index (χ1n) is 7.45. The van der Waals surface area contributed by atoms with Gasteiger partial charge in [-0.3, -0.25) is 5.10 Å². The first-order chi connectivity index (χ1) is 9.83. The molecule has 2 aromatic rings. The minimum Gasteiger partial charge on any atom is -0.372 e. The molecule has 0 saturated carbocycles. The second-order valence-corrected chi connectivity index (χ2v) is 5.18. The molecule has 0 amide bonds. The summed E-state index contributed by atoms with van der Waals surface area (Å²) in [5.74, 6) is 0. The molecule has 0 spiro atoms. The first-order valence-corrected chi connectivity index (χ1v) is 7.45. The maximum Gasteiger partial charge on any atom is 0.0968 e. The number of aromatic nitrogens is 2. The average Bonchev–Trinajstić information content (AvgIpc) is 2.93. The van der Waals surface area contributed by atoms with Gasteiger partial charge in [0.05, 0.1) is 5.69 Å². The van der Waals surface area contributed by atoms with E-state index in [4.69, 9.17) is 0 Å². The molecule has 1 aliphatic heterocycles. The van der Waals surface area contributed by atoms with Gasteiger partial charge in [-0.25, -0.2) is 0 Å². The summed E-state index contributed by atoms with van der Waals surface area (Å²) >= 11 is 0. The van der Waals surface area contributed by atoms with Gasteiger partial charge in [-0.2, -0.15) is 5.10 Å². The third-order valence-corrected chi connectivity index (χ3v) is 4.08. The van der Waals surface area contributed by atoms with E-state index in [9.17, 15) is 0 Å². The normalized spacial score (nSPS) is 14.1. The minimum atomic E-state index is 0.916. The first kappa shape index (κ1) is 13.2. The van der Waals surface area contributed by atoms with Gasteiger partial charge in [0.2, 0.25) is 0 Å². The molecule has 0 fully saturated rings. The second kappa shape index (κ2) is 5.67. The minimum absolute atomic E-state index is 0.916. The molecular formula is C16H22N4. The largest absolute Gasteiger partial charge is 0.372 e. The van der Waals surface area contributed by atoms with Crippen molar-refractivity contribution < 1.29 is 0 Å². The van der Waals surface area contributed by atoms with Crippen LogP contribution in [0.5, 0.6) is 0 Å². The lowest BCUT2D eigenvalue weighted by molar-refractivity contribution is 0.637. The van der Waals surface area contributed by atoms with E-state index in [1.807, 2.05) is 0 Å². The number of anilines is 1. The molecule has 106 valence electrons. The molecule has 2 heterocycles. The van der Waals surface area contributed by atoms with Crippen LogP contribution in [0.3, 0.4) is 0 Å². The number of H-pyrrole nitrogens is 1. The van der Waals surface area contributed by atoms with Crippen LogP contribution in [0.1, 0.15) is 25.1 Å². The van der Waals surface area contributed by atoms with Crippen LogP contribution in [0, 0.1) is 0 Å². The highest BCUT2D eigenvalue weighted by molar-refractivity contribution is 5.67. The Morgan fingerprint density at radius 3 is 2.60 bits per heavy atom. The van der Waals surface area contributed by atoms with Gasteiger partial charge in [0, 0.05) is 55.1 Å². The van der Waals surface area contributed by atoms with E-state index >= 15 is 0 Å². The van der Waals surface area contributed by atoms with E-state index in [0.29, 0.717) is 0 Å². The van der Waals surface area contributed by atoms with Crippen molar-refractivity contribution in [2.24, 2.45) is 0 Å². The summed E-state index contributed by atoms with van der Waals surface area (Å²) < 4.78 is 0. The molecule has 1 aromatic heterocycles. The van der Waals surface area contributed by atoms with Crippen molar-refractivity contribution in [2.75, 3.05) is 24.5 Å². The molecule has 0 atom stereocenters. The van der Waals surface area contributed by atoms with E-state index in [-0.39, 0.29) is 0 Å². The molecular weight excluding hydrogens is 248 g/mol. The van der Waals surface area contributed by atoms with Crippen LogP contribution < -0.4 is 10.2 Å². The smallest absolute Gasteiger partial charge is 0.0968 e. The van der Waals surface area contributed by atoms with Crippen LogP contribution in [0.15, 0.2) is 24.3 Å². The highest BCUT2D eigenvalue weighted by atomic mass is 15.1. The van der Waals surface area contributed by atoms with E-state index in [1.54, 1.807) is 0 Å². The van der Waals surface area contributed by atoms with Crippen LogP contribution in [0.2, 0.25) is 0 Å². The Bertz CT molecular complexity index is 567. The Morgan fingerprint density at radius 2 is 1.90 bits per heavy atom. The summed E-state index contributed by atoms with van der Waals surface area (Å²) in [5, 5.41) is 11.1. The Hall–Kier alpha value is -1.81. The SMILES string of the molecule is CCN(CC)c1ccc(-c2n[nH]c3c2CNCC3)cc1. The van der Waals surface area contributed by atoms with Crippen molar-refractivity contribution in [3.63, 3.8) is 0 Å². The lowest BCUT2D eigenvalue weighted by Gasteiger charge is -2.21. The van der Waals surface area contributed by atoms with Crippen LogP contribution in [-0.4, -0.2) is 29.8 Å². The van der Waals surface area contributed by atoms with Gasteiger partial charge in [0.1, 0.15) is 0 Å². The maximum atomic E-state index is 4.50. The fourth-order valence-corrected chi connectivity index (χ4v) is 2.88. The number of fused-ring (bicyclic) bond motifs is 1. The van der Waals surface area contributed by atoms with Gasteiger partial charge in [0.25, 0.3) is 0 Å². The van der Waals surface area contributed by atoms with Gasteiger partial charge in [-0.05, 0) is 26.0 Å². The van der Waals surface area contributed by atoms with Crippen LogP contribution in [0.4, 0.5) is 5.69 Å². The molecule has 4 heteroatoms. The zero-order valence-corrected chi connectivity index (χ0v) is 12.2. The summed E-state index contributed by atoms with van der Waals surface area (Å²) in [7, 11) is 0. The topological polar surface area (TPSA) is 44.0 Å². The Balaban J connectivity index is 1.89. The Kier molecular flexibility index (Phi) is 3.74. The quantitative estimate of drug-likeness (QED) is 0.897. The molecule has 0 saturated heterocycles. The average molecular weight is 270 g/mol. The molecule has 20 heavy (non-hydrogen) atoms. The molecule has 1 aromatic carbocycles. The van der Waals surface area contributed by atoms with Crippen molar-refractivity contribution in [2.45, 2.75) is 26.8 Å². The molecule has 0 unspecified atom stereocenters. The Morgan fingerprint density at radius 1 is 1.15 bits per heavy atom. The summed E-state index contributed by atoms with van der Waals surface area (Å²) in [6, 6.07) is 8.75. The van der Waals surface area contributed by atoms with Gasteiger partial charge in [-0.1, -0.05) is 12.1 Å². The monoisotopic (exact) mass is 270 g/mol. The fraction of sp³-hybridized carbons (Fsp3) is 0.438. The van der Waals surface area contributed by atoms with Crippen LogP contribution in [0.25, 0.3) is 11.3 Å². The van der Waals surface area contributed by atoms with Crippen molar-refractivity contribution >= 4 is 5.69 Å². The lowest BCUT2D eigenvalue weighted by atomic mass is 10.0. The maximum absolute atomic E-state index is 4.50. The summed E-state index contributed by atoms with van der Waals surface area (Å²) in [4.78, 5) is 2.35. The van der Waals surface area contributed by atoms with Crippen molar-refractivity contribution in [3.05, 3.63) is 35.5 Å². The molecule has 3 rings (SSSR count). The zero-order valence-electron chi connectivity index (χ0n) is 12.2. The van der Waals surface area contributed by atoms with Gasteiger partial charge in [-0.15, -0.1) is 0 Å². The number of hydrogen-bond acceptors (Lipinski definition) is 3. The molecule has 0 radical (unpaired) electrons. The molecule has 0 bridgehead atoms. The van der Waals surface area contributed by atoms with Crippen molar-refractivity contribution in [1.29, 1.82) is 0 Å². The summed E-state index contributed by atoms with van der Waals surface area (Å²) in [6.45, 7) is 8.41. The number of rotatable bonds is 4. The van der Waals surface area contributed by atoms with Crippen molar-refractivity contribution in [1.82, 2.24) is 15.5 Å². The predicted octanol–water partition coefficient (Wildman–Crippen LogP) is 2.57. The van der Waals surface area contributed by atoms with E-state index in [1.165, 1.54) is 22.5 Å². The van der Waals surface area contributed by atoms with Gasteiger partial charge < -0.3 is 10.2 Å². The number of nitrogens with zero attached hydrogens (tertiary/aromatic N) is 2. The van der Waals surface area contributed by atoms with Crippen LogP contribution >= 0.6 is 0 Å². The fourth-order valence-electron chi connectivity index (χ4n) is 2.88. The van der Waals surface area contributed by atoms with Gasteiger partial charge >= 0.3 is 0 Å². The number of hydrogen-bond donors (Lipinski definition) is 2. The molecule has 2 N–H and O–H groups in total. The van der Waals surface area contributed by atoms with Crippen LogP contribution in [-0.2, 0) is 13.0 Å². The number of nitrogens with one attached hydrogen (secondary N) is 2. The number of benzene rings is 1. The predicted molar refractivity (Wildman–Crippen MR) is 83.0 cm³/mol. The number of aromatic amines is 1. The molecule has 1 aliphatic rings. The molecule has 0 aliphatic carbocycles. The zero-order chi connectivity index (χ0) is 13.9. The third kappa shape index (κ3) is 2.31. The highest BCUT2D eigenvalue weighted by Crippen LogP contribution is 2.27. The van der Waals surface area contributed by atoms with E-state index in [0.717, 1.165) is 38.3 Å². The lowest BCUT2D eigenvalue weighted by Crippen LogP contribution is -2.23. The Labute approximate surface area is 120 Å². The highest BCUT2D eigenvalue weighted by Gasteiger charge is 2.17. The van der Waals surface area contributed by atoms with Crippen molar-refractivity contribution in [3.8, 4) is 11.3 Å². The molecule has 4 nitrogen and oxygen atoms in total. The standard InChI is InChI=1S/C16H22N4/c1-3-20(4-2)13-7-5-12(6-8-13)16-14-11-17-10-9-15(14)18-19-16/h5-8,17H,3-4,9-11H2,1-2H3,(H,18,19). The summed E-state index contributed by atoms with van der Waals surface area (Å²) in [6.07, 6.45) is 1.04. The van der Waals surface area contributed by atoms with Gasteiger partial charge in [0.15, 0.2) is 0 Å². The third-order valence-electron chi connectivity index (χ3n) is 4.08. The van der Waals surface area contributed by atoms with E-state index < -0.39 is 0 Å².